The molecule has 0 spiro atoms. The Morgan fingerprint density at radius 1 is 0.955 bits per heavy atom. The molecular formula is C16H16N2O4. The van der Waals surface area contributed by atoms with Gasteiger partial charge in [-0.05, 0) is 36.1 Å². The van der Waals surface area contributed by atoms with Gasteiger partial charge in [0.25, 0.3) is 0 Å². The highest BCUT2D eigenvalue weighted by atomic mass is 16.4. The SMILES string of the molecule is CCc1ccnc(-c2nccc(C(=O)O)c2C(=O)O)c1CC. The molecule has 0 aliphatic carbocycles. The van der Waals surface area contributed by atoms with Crippen molar-refractivity contribution < 1.29 is 19.8 Å². The van der Waals surface area contributed by atoms with Crippen molar-refractivity contribution in [1.29, 1.82) is 0 Å². The molecule has 0 amide bonds. The third-order valence-electron chi connectivity index (χ3n) is 3.51. The number of aromatic nitrogens is 2. The van der Waals surface area contributed by atoms with Gasteiger partial charge < -0.3 is 10.2 Å². The van der Waals surface area contributed by atoms with Gasteiger partial charge in [-0.2, -0.15) is 0 Å². The van der Waals surface area contributed by atoms with Gasteiger partial charge in [-0.3, -0.25) is 9.97 Å². The van der Waals surface area contributed by atoms with Crippen molar-refractivity contribution in [2.45, 2.75) is 26.7 Å². The van der Waals surface area contributed by atoms with E-state index in [0.29, 0.717) is 12.1 Å². The molecule has 2 aromatic heterocycles. The Labute approximate surface area is 127 Å². The summed E-state index contributed by atoms with van der Waals surface area (Å²) in [6, 6.07) is 3.06. The molecule has 0 saturated carbocycles. The van der Waals surface area contributed by atoms with Crippen LogP contribution in [0.1, 0.15) is 45.7 Å². The Morgan fingerprint density at radius 2 is 1.59 bits per heavy atom. The van der Waals surface area contributed by atoms with Crippen molar-refractivity contribution in [1.82, 2.24) is 9.97 Å². The molecule has 0 aliphatic rings. The zero-order valence-corrected chi connectivity index (χ0v) is 12.3. The van der Waals surface area contributed by atoms with Crippen LogP contribution in [0.15, 0.2) is 24.5 Å². The molecule has 0 radical (unpaired) electrons. The van der Waals surface area contributed by atoms with Crippen LogP contribution in [0.3, 0.4) is 0 Å². The van der Waals surface area contributed by atoms with Crippen molar-refractivity contribution >= 4 is 11.9 Å². The average Bonchev–Trinajstić information content (AvgIpc) is 2.52. The van der Waals surface area contributed by atoms with Crippen LogP contribution in [0.25, 0.3) is 11.4 Å². The summed E-state index contributed by atoms with van der Waals surface area (Å²) < 4.78 is 0. The van der Waals surface area contributed by atoms with Crippen LogP contribution in [0.4, 0.5) is 0 Å². The van der Waals surface area contributed by atoms with Crippen LogP contribution in [-0.4, -0.2) is 32.1 Å². The molecule has 0 atom stereocenters. The molecule has 0 saturated heterocycles. The second-order valence-electron chi connectivity index (χ2n) is 4.70. The highest BCUT2D eigenvalue weighted by Crippen LogP contribution is 2.28. The maximum atomic E-state index is 11.5. The first-order valence-corrected chi connectivity index (χ1v) is 6.93. The first kappa shape index (κ1) is 15.6. The normalized spacial score (nSPS) is 10.5. The molecule has 0 fully saturated rings. The van der Waals surface area contributed by atoms with Gasteiger partial charge in [-0.1, -0.05) is 13.8 Å². The highest BCUT2D eigenvalue weighted by molar-refractivity contribution is 6.05. The smallest absolute Gasteiger partial charge is 0.338 e. The summed E-state index contributed by atoms with van der Waals surface area (Å²) in [6.45, 7) is 3.94. The Bertz CT molecular complexity index is 741. The molecule has 2 heterocycles. The summed E-state index contributed by atoms with van der Waals surface area (Å²) in [5, 5.41) is 18.6. The molecule has 2 N–H and O–H groups in total. The van der Waals surface area contributed by atoms with E-state index in [1.807, 2.05) is 19.9 Å². The first-order chi connectivity index (χ1) is 10.5. The largest absolute Gasteiger partial charge is 0.478 e. The van der Waals surface area contributed by atoms with E-state index < -0.39 is 11.9 Å². The van der Waals surface area contributed by atoms with E-state index in [2.05, 4.69) is 9.97 Å². The predicted molar refractivity (Wildman–Crippen MR) is 80.1 cm³/mol. The average molecular weight is 300 g/mol. The fourth-order valence-electron chi connectivity index (χ4n) is 2.50. The molecule has 6 nitrogen and oxygen atoms in total. The number of carboxylic acid groups (broad SMARTS) is 2. The minimum absolute atomic E-state index is 0.0968. The van der Waals surface area contributed by atoms with Gasteiger partial charge in [0.2, 0.25) is 0 Å². The number of rotatable bonds is 5. The standard InChI is InChI=1S/C16H16N2O4/c1-3-9-5-7-17-13(10(9)4-2)14-12(16(21)22)11(15(19)20)6-8-18-14/h5-8H,3-4H2,1-2H3,(H,19,20)(H,21,22). The van der Waals surface area contributed by atoms with Crippen LogP contribution in [-0.2, 0) is 12.8 Å². The first-order valence-electron chi connectivity index (χ1n) is 6.93. The van der Waals surface area contributed by atoms with Gasteiger partial charge >= 0.3 is 11.9 Å². The third-order valence-corrected chi connectivity index (χ3v) is 3.51. The van der Waals surface area contributed by atoms with Gasteiger partial charge in [0.05, 0.1) is 11.3 Å². The number of aromatic carboxylic acids is 2. The maximum Gasteiger partial charge on any atom is 0.338 e. The number of pyridine rings is 2. The van der Waals surface area contributed by atoms with Crippen LogP contribution < -0.4 is 0 Å². The Hall–Kier alpha value is -2.76. The van der Waals surface area contributed by atoms with Crippen molar-refractivity contribution in [2.24, 2.45) is 0 Å². The minimum Gasteiger partial charge on any atom is -0.478 e. The highest BCUT2D eigenvalue weighted by Gasteiger charge is 2.24. The Balaban J connectivity index is 2.81. The zero-order valence-electron chi connectivity index (χ0n) is 12.3. The molecule has 6 heteroatoms. The molecule has 0 bridgehead atoms. The summed E-state index contributed by atoms with van der Waals surface area (Å²) in [6.07, 6.45) is 4.32. The quantitative estimate of drug-likeness (QED) is 0.880. The van der Waals surface area contributed by atoms with Crippen LogP contribution in [0, 0.1) is 0 Å². The van der Waals surface area contributed by atoms with Gasteiger partial charge in [-0.25, -0.2) is 9.59 Å². The monoisotopic (exact) mass is 300 g/mol. The van der Waals surface area contributed by atoms with Gasteiger partial charge in [0, 0.05) is 12.4 Å². The summed E-state index contributed by atoms with van der Waals surface area (Å²) in [5.41, 5.74) is 1.85. The van der Waals surface area contributed by atoms with E-state index >= 15 is 0 Å². The van der Waals surface area contributed by atoms with Gasteiger partial charge in [-0.15, -0.1) is 0 Å². The molecule has 0 unspecified atom stereocenters. The fraction of sp³-hybridized carbons (Fsp3) is 0.250. The van der Waals surface area contributed by atoms with Crippen molar-refractivity contribution in [3.63, 3.8) is 0 Å². The molecule has 0 aromatic carbocycles. The van der Waals surface area contributed by atoms with E-state index in [1.54, 1.807) is 6.20 Å². The van der Waals surface area contributed by atoms with E-state index in [9.17, 15) is 19.8 Å². The van der Waals surface area contributed by atoms with Crippen LogP contribution in [0.2, 0.25) is 0 Å². The Kier molecular flexibility index (Phi) is 4.50. The van der Waals surface area contributed by atoms with Crippen molar-refractivity contribution in [2.75, 3.05) is 0 Å². The molecule has 0 aliphatic heterocycles. The lowest BCUT2D eigenvalue weighted by atomic mass is 9.96. The number of carboxylic acids is 2. The number of aryl methyl sites for hydroxylation is 1. The lowest BCUT2D eigenvalue weighted by Crippen LogP contribution is -2.12. The van der Waals surface area contributed by atoms with E-state index in [1.165, 1.54) is 12.3 Å². The molecule has 22 heavy (non-hydrogen) atoms. The number of hydrogen-bond acceptors (Lipinski definition) is 4. The van der Waals surface area contributed by atoms with Crippen molar-refractivity contribution in [3.8, 4) is 11.4 Å². The lowest BCUT2D eigenvalue weighted by Gasteiger charge is -2.13. The van der Waals surface area contributed by atoms with E-state index in [-0.39, 0.29) is 16.8 Å². The summed E-state index contributed by atoms with van der Waals surface area (Å²) in [7, 11) is 0. The van der Waals surface area contributed by atoms with Crippen molar-refractivity contribution in [3.05, 3.63) is 46.8 Å². The van der Waals surface area contributed by atoms with E-state index in [4.69, 9.17) is 0 Å². The lowest BCUT2D eigenvalue weighted by molar-refractivity contribution is 0.0651. The van der Waals surface area contributed by atoms with Gasteiger partial charge in [0.1, 0.15) is 11.3 Å². The molecule has 2 rings (SSSR count). The minimum atomic E-state index is -1.33. The van der Waals surface area contributed by atoms with Gasteiger partial charge in [0.15, 0.2) is 0 Å². The third kappa shape index (κ3) is 2.67. The van der Waals surface area contributed by atoms with Crippen LogP contribution in [0.5, 0.6) is 0 Å². The number of hydrogen-bond donors (Lipinski definition) is 2. The summed E-state index contributed by atoms with van der Waals surface area (Å²) >= 11 is 0. The second-order valence-corrected chi connectivity index (χ2v) is 4.70. The molecule has 114 valence electrons. The number of carbonyl (C=O) groups is 2. The maximum absolute atomic E-state index is 11.5. The topological polar surface area (TPSA) is 100 Å². The number of nitrogens with zero attached hydrogens (tertiary/aromatic N) is 2. The second kappa shape index (κ2) is 6.34. The summed E-state index contributed by atoms with van der Waals surface area (Å²) in [4.78, 5) is 31.2. The zero-order chi connectivity index (χ0) is 16.3. The molecule has 2 aromatic rings. The predicted octanol–water partition coefficient (Wildman–Crippen LogP) is 2.66. The Morgan fingerprint density at radius 3 is 2.14 bits per heavy atom. The van der Waals surface area contributed by atoms with Crippen LogP contribution >= 0.6 is 0 Å². The summed E-state index contributed by atoms with van der Waals surface area (Å²) in [5.74, 6) is -2.63. The fourth-order valence-corrected chi connectivity index (χ4v) is 2.50. The van der Waals surface area contributed by atoms with E-state index in [0.717, 1.165) is 17.5 Å². The molecular weight excluding hydrogens is 284 g/mol.